The molecule has 46 valence electrons. The lowest BCUT2D eigenvalue weighted by atomic mass is 9.99. The van der Waals surface area contributed by atoms with E-state index in [1.54, 1.807) is 0 Å². The van der Waals surface area contributed by atoms with Gasteiger partial charge < -0.3 is 10.7 Å². The molecule has 2 heteroatoms. The van der Waals surface area contributed by atoms with Crippen molar-refractivity contribution in [3.63, 3.8) is 0 Å². The molecule has 0 radical (unpaired) electrons. The fourth-order valence-electron chi connectivity index (χ4n) is 0.246. The third kappa shape index (κ3) is 5.48. The van der Waals surface area contributed by atoms with Crippen LogP contribution < -0.4 is 5.48 Å². The van der Waals surface area contributed by atoms with Gasteiger partial charge in [-0.3, -0.25) is 0 Å². The van der Waals surface area contributed by atoms with Crippen LogP contribution in [0.15, 0.2) is 0 Å². The van der Waals surface area contributed by atoms with Crippen LogP contribution in [0.5, 0.6) is 0 Å². The summed E-state index contributed by atoms with van der Waals surface area (Å²) in [6.07, 6.45) is 0. The molecule has 0 fully saturated rings. The van der Waals surface area contributed by atoms with Crippen molar-refractivity contribution in [1.29, 1.82) is 0 Å². The largest absolute Gasteiger partial charge is 0.622 e. The molecule has 0 spiro atoms. The standard InChI is InChI=1S/C6H11NO/c1-6(2,3)4-5-7-8/h7H2,1-3H3. The Labute approximate surface area is 49.9 Å². The van der Waals surface area contributed by atoms with E-state index in [1.807, 2.05) is 20.8 Å². The Kier molecular flexibility index (Phi) is 2.53. The average Bonchev–Trinajstić information content (AvgIpc) is 1.59. The van der Waals surface area contributed by atoms with Gasteiger partial charge in [0, 0.05) is 5.41 Å². The Morgan fingerprint density at radius 1 is 1.38 bits per heavy atom. The maximum atomic E-state index is 9.68. The van der Waals surface area contributed by atoms with Crippen molar-refractivity contribution in [3.8, 4) is 12.0 Å². The van der Waals surface area contributed by atoms with E-state index in [0.717, 1.165) is 0 Å². The molecule has 0 rings (SSSR count). The van der Waals surface area contributed by atoms with Crippen LogP contribution in [-0.2, 0) is 0 Å². The lowest BCUT2D eigenvalue weighted by molar-refractivity contribution is -0.492. The van der Waals surface area contributed by atoms with E-state index in [9.17, 15) is 5.21 Å². The van der Waals surface area contributed by atoms with Gasteiger partial charge in [-0.05, 0) is 26.7 Å². The van der Waals surface area contributed by atoms with Crippen LogP contribution in [-0.4, -0.2) is 0 Å². The van der Waals surface area contributed by atoms with Gasteiger partial charge in [-0.25, -0.2) is 0 Å². The minimum atomic E-state index is -0.0408. The number of quaternary nitrogens is 1. The molecular weight excluding hydrogens is 102 g/mol. The highest BCUT2D eigenvalue weighted by Crippen LogP contribution is 2.08. The van der Waals surface area contributed by atoms with E-state index < -0.39 is 0 Å². The summed E-state index contributed by atoms with van der Waals surface area (Å²) >= 11 is 0. The molecule has 0 aliphatic heterocycles. The molecule has 0 aromatic carbocycles. The lowest BCUT2D eigenvalue weighted by Gasteiger charge is -2.05. The van der Waals surface area contributed by atoms with Gasteiger partial charge >= 0.3 is 0 Å². The molecule has 0 atom stereocenters. The number of hydrogen-bond donors (Lipinski definition) is 1. The summed E-state index contributed by atoms with van der Waals surface area (Å²) in [5, 5.41) is 9.68. The number of nitrogens with two attached hydrogens (primary N) is 1. The topological polar surface area (TPSA) is 39.7 Å². The van der Waals surface area contributed by atoms with E-state index >= 15 is 0 Å². The quantitative estimate of drug-likeness (QED) is 0.350. The van der Waals surface area contributed by atoms with Gasteiger partial charge in [0.15, 0.2) is 0 Å². The Morgan fingerprint density at radius 2 is 1.88 bits per heavy atom. The molecule has 0 aromatic heterocycles. The predicted octanol–water partition coefficient (Wildman–Crippen LogP) is 0.0546. The van der Waals surface area contributed by atoms with Gasteiger partial charge in [0.1, 0.15) is 6.04 Å². The molecule has 0 saturated carbocycles. The summed E-state index contributed by atoms with van der Waals surface area (Å²) < 4.78 is 0. The molecule has 0 aliphatic rings. The van der Waals surface area contributed by atoms with Gasteiger partial charge in [0.2, 0.25) is 0 Å². The first kappa shape index (κ1) is 7.48. The summed E-state index contributed by atoms with van der Waals surface area (Å²) in [6.45, 7) is 5.89. The minimum Gasteiger partial charge on any atom is -0.622 e. The predicted molar refractivity (Wildman–Crippen MR) is 32.5 cm³/mol. The van der Waals surface area contributed by atoms with E-state index in [-0.39, 0.29) is 5.41 Å². The molecular formula is C6H11NO. The van der Waals surface area contributed by atoms with Crippen molar-refractivity contribution in [2.24, 2.45) is 5.41 Å². The van der Waals surface area contributed by atoms with Crippen molar-refractivity contribution in [2.45, 2.75) is 20.8 Å². The monoisotopic (exact) mass is 113 g/mol. The number of rotatable bonds is 0. The lowest BCUT2D eigenvalue weighted by Crippen LogP contribution is -2.71. The second kappa shape index (κ2) is 2.71. The van der Waals surface area contributed by atoms with Crippen LogP contribution in [0, 0.1) is 22.6 Å². The van der Waals surface area contributed by atoms with Gasteiger partial charge in [0.05, 0.1) is 0 Å². The van der Waals surface area contributed by atoms with Crippen LogP contribution in [0.25, 0.3) is 0 Å². The Balaban J connectivity index is 3.69. The van der Waals surface area contributed by atoms with Gasteiger partial charge in [0.25, 0.3) is 0 Å². The van der Waals surface area contributed by atoms with E-state index in [4.69, 9.17) is 0 Å². The molecule has 2 nitrogen and oxygen atoms in total. The second-order valence-electron chi connectivity index (χ2n) is 2.64. The molecule has 0 heterocycles. The fraction of sp³-hybridized carbons (Fsp3) is 0.667. The van der Waals surface area contributed by atoms with Crippen molar-refractivity contribution < 1.29 is 5.48 Å². The van der Waals surface area contributed by atoms with Crippen molar-refractivity contribution in [2.75, 3.05) is 0 Å². The van der Waals surface area contributed by atoms with Crippen molar-refractivity contribution >= 4 is 0 Å². The number of hydrogen-bond acceptors (Lipinski definition) is 1. The molecule has 0 aromatic rings. The van der Waals surface area contributed by atoms with Crippen molar-refractivity contribution in [1.82, 2.24) is 0 Å². The van der Waals surface area contributed by atoms with Gasteiger partial charge in [-0.15, -0.1) is 0 Å². The van der Waals surface area contributed by atoms with Crippen LogP contribution in [0.1, 0.15) is 20.8 Å². The first-order valence-corrected chi connectivity index (χ1v) is 2.52. The van der Waals surface area contributed by atoms with Gasteiger partial charge in [-0.2, -0.15) is 0 Å². The second-order valence-corrected chi connectivity index (χ2v) is 2.64. The zero-order chi connectivity index (χ0) is 6.62. The Bertz CT molecular complexity index is 113. The third-order valence-electron chi connectivity index (χ3n) is 0.506. The highest BCUT2D eigenvalue weighted by atomic mass is 16.5. The molecule has 0 amide bonds. The third-order valence-corrected chi connectivity index (χ3v) is 0.506. The van der Waals surface area contributed by atoms with Crippen LogP contribution in [0.4, 0.5) is 0 Å². The van der Waals surface area contributed by atoms with Crippen LogP contribution in [0.3, 0.4) is 0 Å². The summed E-state index contributed by atoms with van der Waals surface area (Å²) in [5.74, 6) is 2.75. The number of hydroxylamine groups is 1. The zero-order valence-electron chi connectivity index (χ0n) is 5.49. The van der Waals surface area contributed by atoms with Crippen LogP contribution >= 0.6 is 0 Å². The van der Waals surface area contributed by atoms with E-state index in [0.29, 0.717) is 5.48 Å². The summed E-state index contributed by atoms with van der Waals surface area (Å²) in [4.78, 5) is 0. The summed E-state index contributed by atoms with van der Waals surface area (Å²) in [7, 11) is 0. The smallest absolute Gasteiger partial charge is 0.134 e. The maximum Gasteiger partial charge on any atom is 0.134 e. The first-order chi connectivity index (χ1) is 3.56. The van der Waals surface area contributed by atoms with Crippen molar-refractivity contribution in [3.05, 3.63) is 5.21 Å². The molecule has 0 aliphatic carbocycles. The first-order valence-electron chi connectivity index (χ1n) is 2.52. The molecule has 0 saturated heterocycles. The summed E-state index contributed by atoms with van der Waals surface area (Å²) in [5.41, 5.74) is 0.576. The van der Waals surface area contributed by atoms with Crippen LogP contribution in [0.2, 0.25) is 0 Å². The SMILES string of the molecule is CC(C)(C)C#C[NH2+][O-]. The minimum absolute atomic E-state index is 0.0408. The molecule has 8 heavy (non-hydrogen) atoms. The normalized spacial score (nSPS) is 10.0. The zero-order valence-corrected chi connectivity index (χ0v) is 5.49. The molecule has 0 unspecified atom stereocenters. The summed E-state index contributed by atoms with van der Waals surface area (Å²) in [6, 6.07) is 2.36. The molecule has 2 N–H and O–H groups in total. The maximum absolute atomic E-state index is 9.68. The highest BCUT2D eigenvalue weighted by molar-refractivity contribution is 5.00. The average molecular weight is 113 g/mol. The Morgan fingerprint density at radius 3 is 2.00 bits per heavy atom. The fourth-order valence-corrected chi connectivity index (χ4v) is 0.246. The Hall–Kier alpha value is -0.520. The highest BCUT2D eigenvalue weighted by Gasteiger charge is 2.03. The van der Waals surface area contributed by atoms with E-state index in [1.165, 1.54) is 0 Å². The van der Waals surface area contributed by atoms with E-state index in [2.05, 4.69) is 12.0 Å². The molecule has 0 bridgehead atoms. The van der Waals surface area contributed by atoms with Gasteiger partial charge in [-0.1, -0.05) is 0 Å².